The molecule has 1 aliphatic carbocycles. The van der Waals surface area contributed by atoms with Crippen LogP contribution in [-0.4, -0.2) is 33.2 Å². The van der Waals surface area contributed by atoms with Gasteiger partial charge in [-0.05, 0) is 49.1 Å². The van der Waals surface area contributed by atoms with E-state index in [-0.39, 0.29) is 36.5 Å². The third-order valence-electron chi connectivity index (χ3n) is 4.92. The number of hydrogen-bond donors (Lipinski definition) is 2. The van der Waals surface area contributed by atoms with E-state index in [2.05, 4.69) is 10.3 Å². The number of aromatic nitrogens is 2. The monoisotopic (exact) mass is 427 g/mol. The third-order valence-corrected chi connectivity index (χ3v) is 6.17. The molecule has 6 nitrogen and oxygen atoms in total. The second kappa shape index (κ2) is 8.97. The first-order valence-corrected chi connectivity index (χ1v) is 10.8. The Morgan fingerprint density at radius 3 is 2.67 bits per heavy atom. The zero-order valence-electron chi connectivity index (χ0n) is 16.3. The van der Waals surface area contributed by atoms with Gasteiger partial charge in [-0.2, -0.15) is 0 Å². The summed E-state index contributed by atoms with van der Waals surface area (Å²) in [5.74, 6) is -0.570. The summed E-state index contributed by atoms with van der Waals surface area (Å²) in [6.45, 7) is 0.225. The number of carbonyl (C=O) groups is 1. The summed E-state index contributed by atoms with van der Waals surface area (Å²) < 4.78 is 14.9. The Balaban J connectivity index is 1.76. The summed E-state index contributed by atoms with van der Waals surface area (Å²) in [5, 5.41) is 12.5. The van der Waals surface area contributed by atoms with Gasteiger partial charge in [-0.1, -0.05) is 36.0 Å². The first-order valence-electron chi connectivity index (χ1n) is 9.90. The van der Waals surface area contributed by atoms with E-state index >= 15 is 0 Å². The van der Waals surface area contributed by atoms with Crippen LogP contribution in [0.4, 0.5) is 4.39 Å². The number of fused-ring (bicyclic) bond motifs is 1. The summed E-state index contributed by atoms with van der Waals surface area (Å²) in [5.41, 5.74) is 0.971. The third kappa shape index (κ3) is 4.55. The number of carbonyl (C=O) groups excluding carboxylic acids is 1. The molecule has 2 N–H and O–H groups in total. The second-order valence-electron chi connectivity index (χ2n) is 7.28. The van der Waals surface area contributed by atoms with Crippen molar-refractivity contribution in [2.75, 3.05) is 6.61 Å². The van der Waals surface area contributed by atoms with Gasteiger partial charge in [0.15, 0.2) is 5.16 Å². The number of aliphatic hydroxyl groups excluding tert-OH is 1. The average molecular weight is 428 g/mol. The number of halogens is 1. The van der Waals surface area contributed by atoms with Crippen LogP contribution in [0.2, 0.25) is 0 Å². The van der Waals surface area contributed by atoms with E-state index in [1.165, 1.54) is 28.5 Å². The minimum atomic E-state index is -0.681. The minimum Gasteiger partial charge on any atom is -0.396 e. The fourth-order valence-corrected chi connectivity index (χ4v) is 4.32. The van der Waals surface area contributed by atoms with E-state index in [1.54, 1.807) is 36.4 Å². The molecule has 1 atom stereocenters. The first-order chi connectivity index (χ1) is 14.6. The van der Waals surface area contributed by atoms with E-state index in [0.29, 0.717) is 28.0 Å². The van der Waals surface area contributed by atoms with E-state index in [1.807, 2.05) is 0 Å². The molecule has 0 saturated heterocycles. The standard InChI is InChI=1S/C22H22FN3O3S/c23-15-8-6-14(7-9-15)19(20(28)24-16-10-11-16)30-22-25-18-5-2-1-4-17(18)21(29)26(22)12-3-13-27/h1-2,4-9,16,19,27H,3,10-13H2,(H,24,28). The lowest BCUT2D eigenvalue weighted by molar-refractivity contribution is -0.120. The van der Waals surface area contributed by atoms with Gasteiger partial charge in [0.25, 0.3) is 5.56 Å². The van der Waals surface area contributed by atoms with Crippen molar-refractivity contribution in [2.24, 2.45) is 0 Å². The Kier molecular flexibility index (Phi) is 6.15. The van der Waals surface area contributed by atoms with Crippen LogP contribution in [0.5, 0.6) is 0 Å². The maximum Gasteiger partial charge on any atom is 0.262 e. The van der Waals surface area contributed by atoms with Crippen LogP contribution in [0.1, 0.15) is 30.1 Å². The molecule has 1 saturated carbocycles. The molecule has 0 radical (unpaired) electrons. The molecule has 0 spiro atoms. The van der Waals surface area contributed by atoms with Crippen LogP contribution in [0, 0.1) is 5.82 Å². The number of benzene rings is 2. The van der Waals surface area contributed by atoms with Crippen LogP contribution in [0.15, 0.2) is 58.5 Å². The summed E-state index contributed by atoms with van der Waals surface area (Å²) in [6, 6.07) is 13.0. The zero-order valence-corrected chi connectivity index (χ0v) is 17.1. The highest BCUT2D eigenvalue weighted by atomic mass is 32.2. The van der Waals surface area contributed by atoms with Crippen molar-refractivity contribution in [3.8, 4) is 0 Å². The Morgan fingerprint density at radius 2 is 1.97 bits per heavy atom. The van der Waals surface area contributed by atoms with Crippen molar-refractivity contribution in [2.45, 2.75) is 42.3 Å². The van der Waals surface area contributed by atoms with Gasteiger partial charge in [-0.15, -0.1) is 0 Å². The molecule has 1 heterocycles. The number of para-hydroxylation sites is 1. The SMILES string of the molecule is O=C(NC1CC1)C(Sc1nc2ccccc2c(=O)n1CCCO)c1ccc(F)cc1. The van der Waals surface area contributed by atoms with Crippen molar-refractivity contribution in [3.05, 3.63) is 70.3 Å². The minimum absolute atomic E-state index is 0.0626. The van der Waals surface area contributed by atoms with Crippen LogP contribution in [-0.2, 0) is 11.3 Å². The van der Waals surface area contributed by atoms with E-state index < -0.39 is 5.25 Å². The van der Waals surface area contributed by atoms with Crippen molar-refractivity contribution in [1.29, 1.82) is 0 Å². The number of amides is 1. The second-order valence-corrected chi connectivity index (χ2v) is 8.35. The lowest BCUT2D eigenvalue weighted by Crippen LogP contribution is -2.31. The fraction of sp³-hybridized carbons (Fsp3) is 0.318. The Labute approximate surface area is 177 Å². The van der Waals surface area contributed by atoms with Crippen LogP contribution >= 0.6 is 11.8 Å². The van der Waals surface area contributed by atoms with Crippen molar-refractivity contribution >= 4 is 28.6 Å². The predicted molar refractivity (Wildman–Crippen MR) is 114 cm³/mol. The Hall–Kier alpha value is -2.71. The molecule has 156 valence electrons. The van der Waals surface area contributed by atoms with Gasteiger partial charge >= 0.3 is 0 Å². The van der Waals surface area contributed by atoms with Gasteiger partial charge in [0, 0.05) is 19.2 Å². The smallest absolute Gasteiger partial charge is 0.262 e. The summed E-state index contributed by atoms with van der Waals surface area (Å²) in [4.78, 5) is 30.7. The lowest BCUT2D eigenvalue weighted by Gasteiger charge is -2.19. The molecule has 0 aliphatic heterocycles. The van der Waals surface area contributed by atoms with E-state index in [9.17, 15) is 19.1 Å². The number of hydrogen-bond acceptors (Lipinski definition) is 5. The van der Waals surface area contributed by atoms with Crippen molar-refractivity contribution in [1.82, 2.24) is 14.9 Å². The molecule has 1 amide bonds. The topological polar surface area (TPSA) is 84.2 Å². The number of nitrogens with zero attached hydrogens (tertiary/aromatic N) is 2. The lowest BCUT2D eigenvalue weighted by atomic mass is 10.1. The molecular formula is C22H22FN3O3S. The normalized spacial score (nSPS) is 14.6. The number of thioether (sulfide) groups is 1. The van der Waals surface area contributed by atoms with Crippen molar-refractivity contribution < 1.29 is 14.3 Å². The molecule has 8 heteroatoms. The first kappa shape index (κ1) is 20.6. The van der Waals surface area contributed by atoms with E-state index in [4.69, 9.17) is 0 Å². The summed E-state index contributed by atoms with van der Waals surface area (Å²) >= 11 is 1.17. The molecule has 1 aliphatic rings. The van der Waals surface area contributed by atoms with Gasteiger partial charge in [0.2, 0.25) is 5.91 Å². The van der Waals surface area contributed by atoms with Crippen LogP contribution in [0.25, 0.3) is 10.9 Å². The zero-order chi connectivity index (χ0) is 21.1. The highest BCUT2D eigenvalue weighted by molar-refractivity contribution is 8.00. The maximum atomic E-state index is 13.4. The number of nitrogens with one attached hydrogen (secondary N) is 1. The van der Waals surface area contributed by atoms with Gasteiger partial charge < -0.3 is 10.4 Å². The Morgan fingerprint density at radius 1 is 1.23 bits per heavy atom. The van der Waals surface area contributed by atoms with Crippen molar-refractivity contribution in [3.63, 3.8) is 0 Å². The molecule has 1 unspecified atom stereocenters. The quantitative estimate of drug-likeness (QED) is 0.426. The molecule has 30 heavy (non-hydrogen) atoms. The average Bonchev–Trinajstić information content (AvgIpc) is 3.56. The fourth-order valence-electron chi connectivity index (χ4n) is 3.18. The van der Waals surface area contributed by atoms with Gasteiger partial charge in [0.05, 0.1) is 10.9 Å². The highest BCUT2D eigenvalue weighted by Crippen LogP contribution is 2.36. The molecule has 4 rings (SSSR count). The van der Waals surface area contributed by atoms with Crippen LogP contribution in [0.3, 0.4) is 0 Å². The van der Waals surface area contributed by atoms with Gasteiger partial charge in [-0.3, -0.25) is 14.2 Å². The van der Waals surface area contributed by atoms with E-state index in [0.717, 1.165) is 12.8 Å². The maximum absolute atomic E-state index is 13.4. The molecule has 3 aromatic rings. The largest absolute Gasteiger partial charge is 0.396 e. The predicted octanol–water partition coefficient (Wildman–Crippen LogP) is 3.03. The molecule has 1 aromatic heterocycles. The molecular weight excluding hydrogens is 405 g/mol. The number of aliphatic hydroxyl groups is 1. The highest BCUT2D eigenvalue weighted by Gasteiger charge is 2.30. The summed E-state index contributed by atoms with van der Waals surface area (Å²) in [7, 11) is 0. The molecule has 2 aromatic carbocycles. The number of rotatable bonds is 8. The molecule has 1 fully saturated rings. The van der Waals surface area contributed by atoms with Crippen LogP contribution < -0.4 is 10.9 Å². The summed E-state index contributed by atoms with van der Waals surface area (Å²) in [6.07, 6.45) is 2.28. The Bertz CT molecular complexity index is 1110. The van der Waals surface area contributed by atoms with Gasteiger partial charge in [0.1, 0.15) is 11.1 Å². The molecule has 0 bridgehead atoms. The van der Waals surface area contributed by atoms with Gasteiger partial charge in [-0.25, -0.2) is 9.37 Å².